The van der Waals surface area contributed by atoms with Crippen LogP contribution in [0, 0.1) is 11.8 Å². The Kier molecular flexibility index (Phi) is 8.20. The van der Waals surface area contributed by atoms with Crippen LogP contribution in [0.2, 0.25) is 0 Å². The number of nitrogens with zero attached hydrogens (tertiary/aromatic N) is 4. The zero-order chi connectivity index (χ0) is 34.5. The lowest BCUT2D eigenvalue weighted by Gasteiger charge is -2.36. The normalized spacial score (nSPS) is 26.0. The highest BCUT2D eigenvalue weighted by molar-refractivity contribution is 6.26. The van der Waals surface area contributed by atoms with E-state index in [9.17, 15) is 19.2 Å². The van der Waals surface area contributed by atoms with Gasteiger partial charge in [-0.3, -0.25) is 19.2 Å². The molecule has 4 aliphatic heterocycles. The summed E-state index contributed by atoms with van der Waals surface area (Å²) in [6.45, 7) is 4.85. The van der Waals surface area contributed by atoms with Gasteiger partial charge in [-0.1, -0.05) is 98.8 Å². The number of ether oxygens (including phenoxy) is 2. The largest absolute Gasteiger partial charge is 0.491 e. The van der Waals surface area contributed by atoms with Crippen molar-refractivity contribution in [1.82, 2.24) is 10.0 Å². The van der Waals surface area contributed by atoms with E-state index in [4.69, 9.17) is 9.47 Å². The van der Waals surface area contributed by atoms with Crippen molar-refractivity contribution < 1.29 is 28.7 Å². The van der Waals surface area contributed by atoms with E-state index in [1.807, 2.05) is 96.7 Å². The molecule has 4 fully saturated rings. The monoisotopic (exact) mass is 670 g/mol. The molecular formula is C40H38N4O6. The van der Waals surface area contributed by atoms with E-state index >= 15 is 0 Å². The van der Waals surface area contributed by atoms with Gasteiger partial charge in [-0.2, -0.15) is 0 Å². The van der Waals surface area contributed by atoms with Gasteiger partial charge in [0.1, 0.15) is 23.6 Å². The molecule has 50 heavy (non-hydrogen) atoms. The van der Waals surface area contributed by atoms with E-state index in [0.29, 0.717) is 36.1 Å². The van der Waals surface area contributed by atoms with E-state index in [-0.39, 0.29) is 11.8 Å². The van der Waals surface area contributed by atoms with Gasteiger partial charge in [0.25, 0.3) is 11.8 Å². The number of fused-ring (bicyclic) bond motifs is 5. The molecule has 4 heterocycles. The smallest absolute Gasteiger partial charge is 0.253 e. The van der Waals surface area contributed by atoms with Crippen LogP contribution < -0.4 is 19.3 Å². The van der Waals surface area contributed by atoms with Gasteiger partial charge in [0.15, 0.2) is 0 Å². The first-order valence-electron chi connectivity index (χ1n) is 17.3. The number of para-hydroxylation sites is 4. The number of anilines is 2. The van der Waals surface area contributed by atoms with Gasteiger partial charge >= 0.3 is 0 Å². The van der Waals surface area contributed by atoms with Crippen LogP contribution >= 0.6 is 0 Å². The Morgan fingerprint density at radius 2 is 0.820 bits per heavy atom. The van der Waals surface area contributed by atoms with E-state index in [1.54, 1.807) is 36.4 Å². The van der Waals surface area contributed by atoms with Crippen LogP contribution in [0.25, 0.3) is 0 Å². The van der Waals surface area contributed by atoms with Crippen LogP contribution in [0.4, 0.5) is 11.4 Å². The Morgan fingerprint density at radius 1 is 0.460 bits per heavy atom. The van der Waals surface area contributed by atoms with Crippen molar-refractivity contribution in [2.24, 2.45) is 11.8 Å². The Balaban J connectivity index is 1.29. The number of benzene rings is 4. The van der Waals surface area contributed by atoms with Gasteiger partial charge in [-0.05, 0) is 48.2 Å². The Morgan fingerprint density at radius 3 is 1.20 bits per heavy atom. The molecule has 4 aliphatic rings. The van der Waals surface area contributed by atoms with Crippen molar-refractivity contribution in [3.05, 3.63) is 120 Å². The van der Waals surface area contributed by atoms with Crippen LogP contribution in [0.5, 0.6) is 11.5 Å². The van der Waals surface area contributed by atoms with Crippen molar-refractivity contribution in [3.63, 3.8) is 0 Å². The molecule has 0 spiro atoms. The molecule has 4 amide bonds. The highest BCUT2D eigenvalue weighted by Crippen LogP contribution is 2.60. The standard InChI is InChI=1S/C40H38N4O6/c1-3-23-49-29-21-13-11-19-27(29)41-37(45)31-33(25-15-7-5-8-16-25)44-36-32(34(26-17-9-6-10-18-26)43(44)35(31)39(41)47)38(46)42(40(36)48)28-20-12-14-22-30(28)50-24-4-2/h5-22,31-36H,3-4,23-24H2,1-2H3. The van der Waals surface area contributed by atoms with Gasteiger partial charge in [0.05, 0.1) is 48.5 Å². The average Bonchev–Trinajstić information content (AvgIpc) is 3.82. The van der Waals surface area contributed by atoms with E-state index in [1.165, 1.54) is 9.80 Å². The summed E-state index contributed by atoms with van der Waals surface area (Å²) >= 11 is 0. The maximum atomic E-state index is 14.8. The molecule has 4 aromatic carbocycles. The second-order valence-corrected chi connectivity index (χ2v) is 13.1. The van der Waals surface area contributed by atoms with Gasteiger partial charge in [0.2, 0.25) is 11.8 Å². The highest BCUT2D eigenvalue weighted by atomic mass is 16.5. The number of rotatable bonds is 10. The molecule has 0 N–H and O–H groups in total. The van der Waals surface area contributed by atoms with E-state index in [2.05, 4.69) is 0 Å². The molecule has 4 aromatic rings. The summed E-state index contributed by atoms with van der Waals surface area (Å²) in [6.07, 6.45) is 1.52. The lowest BCUT2D eigenvalue weighted by Crippen LogP contribution is -2.50. The Hall–Kier alpha value is -5.32. The average molecular weight is 671 g/mol. The SMILES string of the molecule is CCCOc1ccccc1N1C(=O)C2C(C1=O)N1C(c3ccccc3)C3C(=O)N(c4ccccc4OCCC)C(=O)C3N1C2c1ccccc1. The predicted octanol–water partition coefficient (Wildman–Crippen LogP) is 5.71. The second kappa shape index (κ2) is 12.9. The maximum absolute atomic E-state index is 14.8. The summed E-state index contributed by atoms with van der Waals surface area (Å²) in [7, 11) is 0. The number of hydrogen-bond acceptors (Lipinski definition) is 8. The molecule has 10 heteroatoms. The van der Waals surface area contributed by atoms with E-state index in [0.717, 1.165) is 24.0 Å². The molecule has 0 saturated carbocycles. The van der Waals surface area contributed by atoms with Gasteiger partial charge in [-0.15, -0.1) is 0 Å². The summed E-state index contributed by atoms with van der Waals surface area (Å²) in [5, 5.41) is 3.77. The first-order valence-corrected chi connectivity index (χ1v) is 17.3. The number of carbonyl (C=O) groups excluding carboxylic acids is 4. The van der Waals surface area contributed by atoms with Crippen LogP contribution in [0.1, 0.15) is 49.9 Å². The summed E-state index contributed by atoms with van der Waals surface area (Å²) in [5.74, 6) is -2.36. The molecule has 0 aliphatic carbocycles. The first-order chi connectivity index (χ1) is 24.5. The van der Waals surface area contributed by atoms with Crippen molar-refractivity contribution in [1.29, 1.82) is 0 Å². The minimum atomic E-state index is -0.961. The Labute approximate surface area is 290 Å². The number of amides is 4. The summed E-state index contributed by atoms with van der Waals surface area (Å²) in [5.41, 5.74) is 2.34. The molecule has 6 unspecified atom stereocenters. The zero-order valence-electron chi connectivity index (χ0n) is 27.9. The van der Waals surface area contributed by atoms with Crippen LogP contribution in [-0.4, -0.2) is 58.9 Å². The zero-order valence-corrected chi connectivity index (χ0v) is 27.9. The fourth-order valence-electron chi connectivity index (χ4n) is 8.23. The number of imide groups is 2. The fourth-order valence-corrected chi connectivity index (χ4v) is 8.23. The number of hydrazine groups is 1. The summed E-state index contributed by atoms with van der Waals surface area (Å²) in [6, 6.07) is 29.9. The minimum absolute atomic E-state index is 0.369. The van der Waals surface area contributed by atoms with Crippen molar-refractivity contribution in [2.75, 3.05) is 23.0 Å². The summed E-state index contributed by atoms with van der Waals surface area (Å²) in [4.78, 5) is 61.7. The second-order valence-electron chi connectivity index (χ2n) is 13.1. The molecular weight excluding hydrogens is 632 g/mol. The van der Waals surface area contributed by atoms with Crippen molar-refractivity contribution in [3.8, 4) is 11.5 Å². The van der Waals surface area contributed by atoms with Crippen LogP contribution in [0.15, 0.2) is 109 Å². The van der Waals surface area contributed by atoms with Crippen LogP contribution in [0.3, 0.4) is 0 Å². The van der Waals surface area contributed by atoms with Gasteiger partial charge in [-0.25, -0.2) is 19.8 Å². The predicted molar refractivity (Wildman–Crippen MR) is 186 cm³/mol. The molecule has 10 nitrogen and oxygen atoms in total. The molecule has 6 atom stereocenters. The lowest BCUT2D eigenvalue weighted by molar-refractivity contribution is -0.136. The lowest BCUT2D eigenvalue weighted by atomic mass is 9.84. The number of hydrogen-bond donors (Lipinski definition) is 0. The van der Waals surface area contributed by atoms with Crippen LogP contribution in [-0.2, 0) is 19.2 Å². The van der Waals surface area contributed by atoms with Gasteiger partial charge < -0.3 is 9.47 Å². The van der Waals surface area contributed by atoms with Gasteiger partial charge in [0, 0.05) is 0 Å². The Bertz CT molecular complexity index is 1810. The first kappa shape index (κ1) is 31.9. The third-order valence-electron chi connectivity index (χ3n) is 10.1. The molecule has 4 saturated heterocycles. The fraction of sp³-hybridized carbons (Fsp3) is 0.300. The molecule has 0 bridgehead atoms. The molecule has 0 radical (unpaired) electrons. The van der Waals surface area contributed by atoms with E-state index < -0.39 is 47.8 Å². The summed E-state index contributed by atoms with van der Waals surface area (Å²) < 4.78 is 12.0. The third kappa shape index (κ3) is 4.77. The topological polar surface area (TPSA) is 99.7 Å². The maximum Gasteiger partial charge on any atom is 0.253 e. The quantitative estimate of drug-likeness (QED) is 0.198. The number of carbonyl (C=O) groups is 4. The van der Waals surface area contributed by atoms with Crippen molar-refractivity contribution >= 4 is 35.0 Å². The molecule has 8 rings (SSSR count). The minimum Gasteiger partial charge on any atom is -0.491 e. The molecule has 254 valence electrons. The molecule has 0 aromatic heterocycles. The third-order valence-corrected chi connectivity index (χ3v) is 10.1. The highest BCUT2D eigenvalue weighted by Gasteiger charge is 2.73. The van der Waals surface area contributed by atoms with Crippen molar-refractivity contribution in [2.45, 2.75) is 50.9 Å².